The van der Waals surface area contributed by atoms with Gasteiger partial charge in [0, 0.05) is 30.1 Å². The molecule has 1 aliphatic carbocycles. The zero-order valence-electron chi connectivity index (χ0n) is 18.2. The zero-order valence-corrected chi connectivity index (χ0v) is 19.0. The molecule has 2 aromatic heterocycles. The number of nitrogen functional groups attached to an aromatic ring is 1. The number of halogens is 1. The number of benzene rings is 2. The Hall–Kier alpha value is -3.10. The maximum absolute atomic E-state index is 15.2. The molecule has 1 saturated carbocycles. The number of carbonyl (C=O) groups excluding carboxylic acids is 1. The highest BCUT2D eigenvalue weighted by Crippen LogP contribution is 2.39. The van der Waals surface area contributed by atoms with Crippen LogP contribution in [0.25, 0.3) is 21.1 Å². The number of nitrogens with two attached hydrogens (primary N) is 1. The molecule has 2 aliphatic rings. The topological polar surface area (TPSA) is 81.3 Å². The van der Waals surface area contributed by atoms with Gasteiger partial charge in [0.05, 0.1) is 39.5 Å². The molecule has 0 saturated heterocycles. The summed E-state index contributed by atoms with van der Waals surface area (Å²) in [6.45, 7) is 3.34. The monoisotopic (exact) mass is 462 g/mol. The number of anilines is 1. The van der Waals surface area contributed by atoms with Gasteiger partial charge in [-0.05, 0) is 55.0 Å². The number of fused-ring (bicyclic) bond motifs is 4. The summed E-state index contributed by atoms with van der Waals surface area (Å²) in [7, 11) is 0. The summed E-state index contributed by atoms with van der Waals surface area (Å²) < 4.78 is 22.0. The zero-order chi connectivity index (χ0) is 22.7. The van der Waals surface area contributed by atoms with Crippen LogP contribution < -0.4 is 5.73 Å². The molecule has 8 heteroatoms. The number of aromatic nitrogens is 2. The third-order valence-electron chi connectivity index (χ3n) is 6.60. The van der Waals surface area contributed by atoms with E-state index < -0.39 is 5.82 Å². The van der Waals surface area contributed by atoms with Crippen LogP contribution in [-0.2, 0) is 17.9 Å². The maximum Gasteiger partial charge on any atom is 0.257 e. The van der Waals surface area contributed by atoms with Crippen molar-refractivity contribution in [3.63, 3.8) is 0 Å². The first-order valence-electron chi connectivity index (χ1n) is 11.1. The quantitative estimate of drug-likeness (QED) is 0.440. The van der Waals surface area contributed by atoms with Crippen LogP contribution in [0.1, 0.15) is 52.9 Å². The molecule has 1 unspecified atom stereocenters. The van der Waals surface area contributed by atoms with Gasteiger partial charge in [-0.3, -0.25) is 4.79 Å². The summed E-state index contributed by atoms with van der Waals surface area (Å²) >= 11 is 1.57. The van der Waals surface area contributed by atoms with Crippen LogP contribution in [0, 0.1) is 11.7 Å². The van der Waals surface area contributed by atoms with Gasteiger partial charge < -0.3 is 15.4 Å². The van der Waals surface area contributed by atoms with E-state index in [0.717, 1.165) is 45.1 Å². The van der Waals surface area contributed by atoms with Crippen molar-refractivity contribution < 1.29 is 13.9 Å². The van der Waals surface area contributed by atoms with Crippen LogP contribution >= 0.6 is 11.3 Å². The molecule has 3 heterocycles. The van der Waals surface area contributed by atoms with Gasteiger partial charge in [0.1, 0.15) is 11.6 Å². The first kappa shape index (κ1) is 20.5. The summed E-state index contributed by atoms with van der Waals surface area (Å²) in [5, 5.41) is 0.728. The molecule has 168 valence electrons. The van der Waals surface area contributed by atoms with Crippen LogP contribution in [0.5, 0.6) is 0 Å². The van der Waals surface area contributed by atoms with E-state index in [9.17, 15) is 4.79 Å². The number of ether oxygens (including phenoxy) is 1. The van der Waals surface area contributed by atoms with E-state index >= 15 is 4.39 Å². The summed E-state index contributed by atoms with van der Waals surface area (Å²) in [6, 6.07) is 8.98. The van der Waals surface area contributed by atoms with Gasteiger partial charge in [0.2, 0.25) is 0 Å². The predicted molar refractivity (Wildman–Crippen MR) is 126 cm³/mol. The molecule has 1 atom stereocenters. The molecule has 1 aliphatic heterocycles. The van der Waals surface area contributed by atoms with Crippen molar-refractivity contribution in [2.75, 3.05) is 12.3 Å². The van der Waals surface area contributed by atoms with Crippen LogP contribution in [0.3, 0.4) is 0 Å². The highest BCUT2D eigenvalue weighted by atomic mass is 32.1. The number of nitrogens with zero attached hydrogens (tertiary/aromatic N) is 3. The highest BCUT2D eigenvalue weighted by molar-refractivity contribution is 7.16. The van der Waals surface area contributed by atoms with Crippen molar-refractivity contribution in [2.24, 2.45) is 5.92 Å². The number of rotatable bonds is 5. The smallest absolute Gasteiger partial charge is 0.257 e. The Labute approximate surface area is 194 Å². The van der Waals surface area contributed by atoms with Gasteiger partial charge in [0.15, 0.2) is 0 Å². The van der Waals surface area contributed by atoms with E-state index in [4.69, 9.17) is 10.5 Å². The number of hydrogen-bond acceptors (Lipinski definition) is 6. The van der Waals surface area contributed by atoms with E-state index in [2.05, 4.69) is 16.0 Å². The Bertz CT molecular complexity index is 1410. The van der Waals surface area contributed by atoms with Crippen LogP contribution in [0.4, 0.5) is 10.2 Å². The number of hydrogen-bond donors (Lipinski definition) is 1. The van der Waals surface area contributed by atoms with E-state index in [1.807, 2.05) is 24.6 Å². The van der Waals surface area contributed by atoms with Crippen molar-refractivity contribution in [3.05, 3.63) is 63.9 Å². The number of amides is 1. The van der Waals surface area contributed by atoms with E-state index in [1.165, 1.54) is 6.07 Å². The minimum atomic E-state index is -0.579. The largest absolute Gasteiger partial charge is 0.383 e. The van der Waals surface area contributed by atoms with Crippen molar-refractivity contribution in [3.8, 4) is 0 Å². The molecule has 0 spiro atoms. The third-order valence-corrected chi connectivity index (χ3v) is 7.39. The summed E-state index contributed by atoms with van der Waals surface area (Å²) in [5.74, 6) is -0.0485. The van der Waals surface area contributed by atoms with E-state index in [-0.39, 0.29) is 17.6 Å². The van der Waals surface area contributed by atoms with Gasteiger partial charge in [-0.25, -0.2) is 14.4 Å². The van der Waals surface area contributed by atoms with Crippen molar-refractivity contribution in [1.82, 2.24) is 14.9 Å². The number of carbonyl (C=O) groups is 1. The second kappa shape index (κ2) is 7.74. The average Bonchev–Trinajstić information content (AvgIpc) is 3.33. The Kier molecular flexibility index (Phi) is 4.81. The Balaban J connectivity index is 1.39. The number of thiazole rings is 1. The van der Waals surface area contributed by atoms with Gasteiger partial charge in [-0.1, -0.05) is 6.07 Å². The van der Waals surface area contributed by atoms with Crippen LogP contribution in [-0.4, -0.2) is 27.3 Å². The molecule has 4 aromatic rings. The van der Waals surface area contributed by atoms with Gasteiger partial charge in [-0.2, -0.15) is 0 Å². The summed E-state index contributed by atoms with van der Waals surface area (Å²) in [5.41, 5.74) is 12.1. The summed E-state index contributed by atoms with van der Waals surface area (Å²) in [6.07, 6.45) is 2.03. The summed E-state index contributed by atoms with van der Waals surface area (Å²) in [4.78, 5) is 24.1. The fraction of sp³-hybridized carbons (Fsp3) is 0.320. The lowest BCUT2D eigenvalue weighted by Gasteiger charge is -2.23. The fourth-order valence-electron chi connectivity index (χ4n) is 4.67. The second-order valence-electron chi connectivity index (χ2n) is 8.98. The average molecular weight is 463 g/mol. The number of pyridine rings is 1. The first-order chi connectivity index (χ1) is 16.0. The fourth-order valence-corrected chi connectivity index (χ4v) is 5.41. The van der Waals surface area contributed by atoms with E-state index in [0.29, 0.717) is 36.9 Å². The Morgan fingerprint density at radius 1 is 1.27 bits per heavy atom. The third kappa shape index (κ3) is 3.63. The molecule has 6 nitrogen and oxygen atoms in total. The molecule has 6 rings (SSSR count). The normalized spacial score (nSPS) is 17.6. The maximum atomic E-state index is 15.2. The standard InChI is InChI=1S/C25H23FN4O2S/c1-13-23-18(11-32-13)16-7-17(19(26)8-21(16)29-24(23)27)25(31)30(9-14-2-3-14)10-15-4-5-20-22(6-15)33-12-28-20/h4-8,12-14H,2-3,9-11H2,1H3,(H2,27,29). The molecule has 0 radical (unpaired) electrons. The molecule has 1 fully saturated rings. The van der Waals surface area contributed by atoms with Crippen molar-refractivity contribution in [1.29, 1.82) is 0 Å². The Morgan fingerprint density at radius 2 is 2.12 bits per heavy atom. The Morgan fingerprint density at radius 3 is 2.94 bits per heavy atom. The van der Waals surface area contributed by atoms with Gasteiger partial charge in [-0.15, -0.1) is 11.3 Å². The SMILES string of the molecule is CC1OCc2c1c(N)nc1cc(F)c(C(=O)N(Cc3ccc4ncsc4c3)CC3CC3)cc21. The molecule has 1 amide bonds. The first-order valence-corrected chi connectivity index (χ1v) is 12.0. The molecule has 2 aromatic carbocycles. The lowest BCUT2D eigenvalue weighted by molar-refractivity contribution is 0.0730. The lowest BCUT2D eigenvalue weighted by atomic mass is 9.99. The predicted octanol–water partition coefficient (Wildman–Crippen LogP) is 5.21. The molecular weight excluding hydrogens is 439 g/mol. The lowest BCUT2D eigenvalue weighted by Crippen LogP contribution is -2.33. The second-order valence-corrected chi connectivity index (χ2v) is 9.86. The van der Waals surface area contributed by atoms with Crippen molar-refractivity contribution in [2.45, 2.75) is 39.0 Å². The molecule has 0 bridgehead atoms. The van der Waals surface area contributed by atoms with Crippen molar-refractivity contribution >= 4 is 44.2 Å². The van der Waals surface area contributed by atoms with Crippen LogP contribution in [0.15, 0.2) is 35.8 Å². The highest BCUT2D eigenvalue weighted by Gasteiger charge is 2.30. The minimum absolute atomic E-state index is 0.0651. The van der Waals surface area contributed by atoms with Gasteiger partial charge in [0.25, 0.3) is 5.91 Å². The minimum Gasteiger partial charge on any atom is -0.383 e. The molecule has 2 N–H and O–H groups in total. The van der Waals surface area contributed by atoms with Crippen LogP contribution in [0.2, 0.25) is 0 Å². The van der Waals surface area contributed by atoms with Gasteiger partial charge >= 0.3 is 0 Å². The molecular formula is C25H23FN4O2S. The molecule has 33 heavy (non-hydrogen) atoms. The van der Waals surface area contributed by atoms with E-state index in [1.54, 1.807) is 22.3 Å².